The van der Waals surface area contributed by atoms with Crippen molar-refractivity contribution in [2.24, 2.45) is 0 Å². The molecule has 1 aliphatic heterocycles. The first-order valence-corrected chi connectivity index (χ1v) is 9.63. The van der Waals surface area contributed by atoms with Gasteiger partial charge in [0.05, 0.1) is 0 Å². The summed E-state index contributed by atoms with van der Waals surface area (Å²) in [5.41, 5.74) is -0.0369. The molecule has 9 heteroatoms. The molecule has 0 aliphatic carbocycles. The third kappa shape index (κ3) is 4.32. The molecule has 0 radical (unpaired) electrons. The zero-order valence-corrected chi connectivity index (χ0v) is 16.6. The summed E-state index contributed by atoms with van der Waals surface area (Å²) in [6.07, 6.45) is -6.62. The molecule has 3 aromatic rings. The zero-order valence-electron chi connectivity index (χ0n) is 16.6. The maximum atomic E-state index is 14.6. The van der Waals surface area contributed by atoms with E-state index in [4.69, 9.17) is 0 Å². The Bertz CT molecular complexity index is 1120. The number of aryl methyl sites for hydroxylation is 1. The van der Waals surface area contributed by atoms with Gasteiger partial charge >= 0.3 is 12.4 Å². The first-order valence-electron chi connectivity index (χ1n) is 9.63. The molecule has 1 heterocycles. The Labute approximate surface area is 179 Å². The second-order valence-electron chi connectivity index (χ2n) is 7.16. The quantitative estimate of drug-likeness (QED) is 0.374. The van der Waals surface area contributed by atoms with Crippen LogP contribution in [0, 0.1) is 11.6 Å². The van der Waals surface area contributed by atoms with Crippen molar-refractivity contribution in [3.63, 3.8) is 0 Å². The average molecular weight is 454 g/mol. The van der Waals surface area contributed by atoms with E-state index in [1.807, 2.05) is 6.92 Å². The van der Waals surface area contributed by atoms with Crippen LogP contribution in [0.2, 0.25) is 0 Å². The number of ether oxygens (including phenoxy) is 3. The second-order valence-corrected chi connectivity index (χ2v) is 7.16. The van der Waals surface area contributed by atoms with Crippen molar-refractivity contribution in [1.82, 2.24) is 0 Å². The fraction of sp³-hybridized carbons (Fsp3) is 0.217. The smallest absolute Gasteiger partial charge is 0.429 e. The molecule has 0 saturated carbocycles. The van der Waals surface area contributed by atoms with Crippen LogP contribution in [-0.2, 0) is 12.5 Å². The summed E-state index contributed by atoms with van der Waals surface area (Å²) < 4.78 is 97.3. The summed E-state index contributed by atoms with van der Waals surface area (Å²) in [6, 6.07) is 11.0. The molecule has 32 heavy (non-hydrogen) atoms. The van der Waals surface area contributed by atoms with Crippen LogP contribution in [0.25, 0.3) is 11.1 Å². The summed E-state index contributed by atoms with van der Waals surface area (Å²) in [6.45, 7) is 2.01. The molecule has 0 aromatic heterocycles. The molecule has 0 amide bonds. The Hall–Kier alpha value is -3.36. The SMILES string of the molecule is CCCc1ccc(-c2cc(F)c(C(F)(F)Oc3ccc4c(c3)OC(F)(F)O4)c(F)c2)cc1. The van der Waals surface area contributed by atoms with Crippen LogP contribution in [0.15, 0.2) is 54.6 Å². The van der Waals surface area contributed by atoms with Gasteiger partial charge in [-0.05, 0) is 47.4 Å². The van der Waals surface area contributed by atoms with Crippen LogP contribution >= 0.6 is 0 Å². The van der Waals surface area contributed by atoms with Crippen molar-refractivity contribution in [2.75, 3.05) is 0 Å². The Balaban J connectivity index is 1.60. The van der Waals surface area contributed by atoms with E-state index >= 15 is 0 Å². The normalized spacial score (nSPS) is 14.5. The summed E-state index contributed by atoms with van der Waals surface area (Å²) in [5, 5.41) is 0. The number of rotatable bonds is 6. The van der Waals surface area contributed by atoms with Gasteiger partial charge in [0.2, 0.25) is 0 Å². The Morgan fingerprint density at radius 3 is 2.09 bits per heavy atom. The lowest BCUT2D eigenvalue weighted by atomic mass is 10.00. The van der Waals surface area contributed by atoms with E-state index in [0.717, 1.165) is 42.7 Å². The monoisotopic (exact) mass is 454 g/mol. The van der Waals surface area contributed by atoms with Crippen LogP contribution in [0.3, 0.4) is 0 Å². The highest BCUT2D eigenvalue weighted by molar-refractivity contribution is 5.64. The van der Waals surface area contributed by atoms with Gasteiger partial charge in [0.1, 0.15) is 22.9 Å². The van der Waals surface area contributed by atoms with Crippen LogP contribution < -0.4 is 14.2 Å². The van der Waals surface area contributed by atoms with Gasteiger partial charge in [0, 0.05) is 6.07 Å². The fourth-order valence-corrected chi connectivity index (χ4v) is 3.36. The second kappa shape index (κ2) is 7.96. The summed E-state index contributed by atoms with van der Waals surface area (Å²) in [4.78, 5) is 0. The number of benzene rings is 3. The van der Waals surface area contributed by atoms with Crippen LogP contribution in [-0.4, -0.2) is 6.29 Å². The predicted molar refractivity (Wildman–Crippen MR) is 103 cm³/mol. The van der Waals surface area contributed by atoms with Gasteiger partial charge < -0.3 is 14.2 Å². The minimum Gasteiger partial charge on any atom is -0.429 e. The topological polar surface area (TPSA) is 27.7 Å². The standard InChI is InChI=1S/C23H16F6O3/c1-2-3-13-4-6-14(7-5-13)15-10-17(24)21(18(25)11-15)22(26,27)30-16-8-9-19-20(12-16)32-23(28,29)31-19/h4-12H,2-3H2,1H3. The molecular weight excluding hydrogens is 438 g/mol. The van der Waals surface area contributed by atoms with E-state index in [2.05, 4.69) is 14.2 Å². The van der Waals surface area contributed by atoms with Gasteiger partial charge in [0.25, 0.3) is 0 Å². The third-order valence-corrected chi connectivity index (χ3v) is 4.78. The van der Waals surface area contributed by atoms with Crippen molar-refractivity contribution in [2.45, 2.75) is 32.2 Å². The Morgan fingerprint density at radius 2 is 1.47 bits per heavy atom. The van der Waals surface area contributed by atoms with E-state index < -0.39 is 46.8 Å². The van der Waals surface area contributed by atoms with Crippen molar-refractivity contribution in [3.8, 4) is 28.4 Å². The van der Waals surface area contributed by atoms with Crippen molar-refractivity contribution in [1.29, 1.82) is 0 Å². The third-order valence-electron chi connectivity index (χ3n) is 4.78. The highest BCUT2D eigenvalue weighted by atomic mass is 19.3. The van der Waals surface area contributed by atoms with Gasteiger partial charge in [0.15, 0.2) is 11.5 Å². The van der Waals surface area contributed by atoms with Gasteiger partial charge in [-0.3, -0.25) is 0 Å². The number of hydrogen-bond donors (Lipinski definition) is 0. The van der Waals surface area contributed by atoms with E-state index in [1.54, 1.807) is 24.3 Å². The number of fused-ring (bicyclic) bond motifs is 1. The van der Waals surface area contributed by atoms with Gasteiger partial charge in [-0.2, -0.15) is 8.78 Å². The largest absolute Gasteiger partial charge is 0.586 e. The van der Waals surface area contributed by atoms with Crippen molar-refractivity contribution >= 4 is 0 Å². The molecule has 1 aliphatic rings. The van der Waals surface area contributed by atoms with Crippen LogP contribution in [0.5, 0.6) is 17.2 Å². The Kier molecular flexibility index (Phi) is 5.44. The molecule has 0 bridgehead atoms. The molecule has 0 unspecified atom stereocenters. The van der Waals surface area contributed by atoms with Crippen LogP contribution in [0.4, 0.5) is 26.3 Å². The first-order chi connectivity index (χ1) is 15.1. The molecule has 0 fully saturated rings. The molecule has 0 N–H and O–H groups in total. The molecule has 3 nitrogen and oxygen atoms in total. The lowest BCUT2D eigenvalue weighted by molar-refractivity contribution is -0.286. The number of halogens is 6. The van der Waals surface area contributed by atoms with Crippen molar-refractivity contribution in [3.05, 3.63) is 77.4 Å². The lowest BCUT2D eigenvalue weighted by Crippen LogP contribution is -2.26. The lowest BCUT2D eigenvalue weighted by Gasteiger charge is -2.20. The molecule has 3 aromatic carbocycles. The van der Waals surface area contributed by atoms with E-state index in [0.29, 0.717) is 11.6 Å². The maximum Gasteiger partial charge on any atom is 0.586 e. The van der Waals surface area contributed by atoms with Gasteiger partial charge in [-0.25, -0.2) is 8.78 Å². The maximum absolute atomic E-state index is 14.6. The van der Waals surface area contributed by atoms with Gasteiger partial charge in [-0.15, -0.1) is 8.78 Å². The minimum absolute atomic E-state index is 0.0768. The van der Waals surface area contributed by atoms with Gasteiger partial charge in [-0.1, -0.05) is 37.6 Å². The highest BCUT2D eigenvalue weighted by Crippen LogP contribution is 2.44. The van der Waals surface area contributed by atoms with E-state index in [-0.39, 0.29) is 5.56 Å². The summed E-state index contributed by atoms with van der Waals surface area (Å²) in [5.74, 6) is -4.63. The minimum atomic E-state index is -4.44. The zero-order chi connectivity index (χ0) is 23.1. The first kappa shape index (κ1) is 21.9. The molecular formula is C23H16F6O3. The van der Waals surface area contributed by atoms with E-state index in [9.17, 15) is 26.3 Å². The molecule has 0 saturated heterocycles. The molecule has 0 atom stereocenters. The fourth-order valence-electron chi connectivity index (χ4n) is 3.36. The predicted octanol–water partition coefficient (Wildman–Crippen LogP) is 7.03. The average Bonchev–Trinajstić information content (AvgIpc) is 3.00. The highest BCUT2D eigenvalue weighted by Gasteiger charge is 2.45. The molecule has 4 rings (SSSR count). The molecule has 168 valence electrons. The Morgan fingerprint density at radius 1 is 0.844 bits per heavy atom. The summed E-state index contributed by atoms with van der Waals surface area (Å²) in [7, 11) is 0. The summed E-state index contributed by atoms with van der Waals surface area (Å²) >= 11 is 0. The van der Waals surface area contributed by atoms with Crippen LogP contribution in [0.1, 0.15) is 24.5 Å². The van der Waals surface area contributed by atoms with E-state index in [1.165, 1.54) is 0 Å². The number of hydrogen-bond acceptors (Lipinski definition) is 3. The van der Waals surface area contributed by atoms with Crippen molar-refractivity contribution < 1.29 is 40.6 Å². The molecule has 0 spiro atoms. The number of alkyl halides is 4.